The molecule has 7 nitrogen and oxygen atoms in total. The highest BCUT2D eigenvalue weighted by Crippen LogP contribution is 2.29. The van der Waals surface area contributed by atoms with Crippen LogP contribution in [-0.2, 0) is 19.1 Å². The zero-order chi connectivity index (χ0) is 25.3. The molecule has 3 rings (SSSR count). The van der Waals surface area contributed by atoms with Gasteiger partial charge in [-0.05, 0) is 96.1 Å². The van der Waals surface area contributed by atoms with Crippen molar-refractivity contribution in [3.63, 3.8) is 0 Å². The third kappa shape index (κ3) is 9.63. The molecule has 7 heteroatoms. The average Bonchev–Trinajstić information content (AvgIpc) is 2.80. The highest BCUT2D eigenvalue weighted by molar-refractivity contribution is 6.01. The van der Waals surface area contributed by atoms with E-state index in [2.05, 4.69) is 27.7 Å². The number of likely N-dealkylation sites (tertiary alicyclic amines) is 1. The fourth-order valence-electron chi connectivity index (χ4n) is 4.90. The predicted octanol–water partition coefficient (Wildman–Crippen LogP) is 4.77. The molecular weight excluding hydrogens is 442 g/mol. The van der Waals surface area contributed by atoms with Gasteiger partial charge in [0, 0.05) is 18.5 Å². The fraction of sp³-hybridized carbons (Fsp3) is 0.679. The van der Waals surface area contributed by atoms with Crippen LogP contribution in [0.3, 0.4) is 0 Å². The number of carbonyl (C=O) groups excluding carboxylic acids is 3. The molecule has 2 saturated heterocycles. The second-order valence-corrected chi connectivity index (χ2v) is 11.0. The molecule has 0 aliphatic carbocycles. The molecule has 0 aromatic heterocycles. The van der Waals surface area contributed by atoms with Crippen molar-refractivity contribution in [3.05, 3.63) is 29.8 Å². The zero-order valence-electron chi connectivity index (χ0n) is 21.7. The first kappa shape index (κ1) is 27.2. The van der Waals surface area contributed by atoms with Gasteiger partial charge in [0.15, 0.2) is 0 Å². The maximum Gasteiger partial charge on any atom is 0.306 e. The number of piperidine rings is 2. The normalized spacial score (nSPS) is 19.9. The molecule has 35 heavy (non-hydrogen) atoms. The first-order valence-corrected chi connectivity index (χ1v) is 13.3. The summed E-state index contributed by atoms with van der Waals surface area (Å²) in [5.41, 5.74) is 1.90. The van der Waals surface area contributed by atoms with Gasteiger partial charge in [0.25, 0.3) is 0 Å². The molecule has 0 radical (unpaired) electrons. The van der Waals surface area contributed by atoms with E-state index in [0.29, 0.717) is 25.2 Å². The maximum atomic E-state index is 11.9. The molecule has 2 aliphatic rings. The van der Waals surface area contributed by atoms with Gasteiger partial charge in [-0.2, -0.15) is 0 Å². The van der Waals surface area contributed by atoms with Crippen molar-refractivity contribution in [3.8, 4) is 0 Å². The Morgan fingerprint density at radius 1 is 1.00 bits per heavy atom. The third-order valence-corrected chi connectivity index (χ3v) is 6.83. The van der Waals surface area contributed by atoms with E-state index in [0.717, 1.165) is 38.2 Å². The summed E-state index contributed by atoms with van der Waals surface area (Å²) in [7, 11) is 0. The Bertz CT molecular complexity index is 839. The van der Waals surface area contributed by atoms with Crippen LogP contribution in [0.15, 0.2) is 24.3 Å². The molecule has 2 amide bonds. The van der Waals surface area contributed by atoms with Crippen LogP contribution < -0.4 is 10.6 Å². The van der Waals surface area contributed by atoms with Crippen molar-refractivity contribution in [1.29, 1.82) is 0 Å². The third-order valence-electron chi connectivity index (χ3n) is 6.83. The monoisotopic (exact) mass is 485 g/mol. The highest BCUT2D eigenvalue weighted by Gasteiger charge is 2.26. The molecule has 1 aromatic carbocycles. The van der Waals surface area contributed by atoms with Crippen molar-refractivity contribution in [2.45, 2.75) is 103 Å². The SMILES string of the molecule is CC(C)(C)OC(=O)CCCCCCCN1CCC(c2ccc(N[C@H]3CCC(=O)NC3=O)cc2)CC1. The van der Waals surface area contributed by atoms with E-state index in [9.17, 15) is 14.4 Å². The summed E-state index contributed by atoms with van der Waals surface area (Å²) < 4.78 is 5.36. The molecule has 0 spiro atoms. The van der Waals surface area contributed by atoms with Crippen LogP contribution >= 0.6 is 0 Å². The van der Waals surface area contributed by atoms with Crippen LogP contribution in [-0.4, -0.2) is 54.0 Å². The summed E-state index contributed by atoms with van der Waals surface area (Å²) in [6.07, 6.45) is 9.43. The van der Waals surface area contributed by atoms with Gasteiger partial charge in [-0.3, -0.25) is 19.7 Å². The quantitative estimate of drug-likeness (QED) is 0.267. The second-order valence-electron chi connectivity index (χ2n) is 11.0. The largest absolute Gasteiger partial charge is 0.460 e. The first-order chi connectivity index (χ1) is 16.7. The van der Waals surface area contributed by atoms with Crippen molar-refractivity contribution >= 4 is 23.5 Å². The average molecular weight is 486 g/mol. The van der Waals surface area contributed by atoms with Crippen LogP contribution in [0.1, 0.15) is 96.5 Å². The number of benzene rings is 1. The van der Waals surface area contributed by atoms with Crippen LogP contribution in [0.25, 0.3) is 0 Å². The minimum Gasteiger partial charge on any atom is -0.460 e. The van der Waals surface area contributed by atoms with Gasteiger partial charge in [0.1, 0.15) is 11.6 Å². The smallest absolute Gasteiger partial charge is 0.306 e. The van der Waals surface area contributed by atoms with Crippen LogP contribution in [0.2, 0.25) is 0 Å². The summed E-state index contributed by atoms with van der Waals surface area (Å²) in [5, 5.41) is 5.64. The summed E-state index contributed by atoms with van der Waals surface area (Å²) in [5.74, 6) is 0.0767. The van der Waals surface area contributed by atoms with Crippen molar-refractivity contribution in [2.24, 2.45) is 0 Å². The van der Waals surface area contributed by atoms with Crippen LogP contribution in [0.4, 0.5) is 5.69 Å². The Kier molecular flexibility index (Phi) is 10.1. The van der Waals surface area contributed by atoms with Gasteiger partial charge in [-0.15, -0.1) is 0 Å². The maximum absolute atomic E-state index is 11.9. The Morgan fingerprint density at radius 2 is 1.66 bits per heavy atom. The van der Waals surface area contributed by atoms with Gasteiger partial charge in [-0.1, -0.05) is 31.4 Å². The lowest BCUT2D eigenvalue weighted by molar-refractivity contribution is -0.155. The van der Waals surface area contributed by atoms with Gasteiger partial charge in [0.2, 0.25) is 11.8 Å². The number of nitrogens with zero attached hydrogens (tertiary/aromatic N) is 1. The summed E-state index contributed by atoms with van der Waals surface area (Å²) >= 11 is 0. The van der Waals surface area contributed by atoms with E-state index >= 15 is 0 Å². The van der Waals surface area contributed by atoms with Crippen molar-refractivity contribution in [2.75, 3.05) is 25.0 Å². The first-order valence-electron chi connectivity index (χ1n) is 13.3. The fourth-order valence-corrected chi connectivity index (χ4v) is 4.90. The highest BCUT2D eigenvalue weighted by atomic mass is 16.6. The minimum atomic E-state index is -0.386. The lowest BCUT2D eigenvalue weighted by Gasteiger charge is -2.32. The van der Waals surface area contributed by atoms with E-state index in [1.165, 1.54) is 37.7 Å². The number of hydrogen-bond donors (Lipinski definition) is 2. The zero-order valence-corrected chi connectivity index (χ0v) is 21.7. The summed E-state index contributed by atoms with van der Waals surface area (Å²) in [4.78, 5) is 37.6. The van der Waals surface area contributed by atoms with E-state index in [-0.39, 0.29) is 29.4 Å². The standard InChI is InChI=1S/C28H43N3O4/c1-28(2,3)35-26(33)9-7-5-4-6-8-18-31-19-16-22(17-20-31)21-10-12-23(13-11-21)29-24-14-15-25(32)30-27(24)34/h10-13,22,24,29H,4-9,14-20H2,1-3H3,(H,30,32,34)/t24-/m0/s1. The van der Waals surface area contributed by atoms with Crippen LogP contribution in [0.5, 0.6) is 0 Å². The second kappa shape index (κ2) is 13.1. The van der Waals surface area contributed by atoms with Crippen LogP contribution in [0, 0.1) is 0 Å². The van der Waals surface area contributed by atoms with Gasteiger partial charge < -0.3 is 15.0 Å². The molecule has 2 aliphatic heterocycles. The number of unbranched alkanes of at least 4 members (excludes halogenated alkanes) is 4. The molecule has 0 saturated carbocycles. The Morgan fingerprint density at radius 3 is 2.31 bits per heavy atom. The number of anilines is 1. The molecule has 2 N–H and O–H groups in total. The Balaban J connectivity index is 1.26. The number of hydrogen-bond acceptors (Lipinski definition) is 6. The summed E-state index contributed by atoms with van der Waals surface area (Å²) in [6, 6.07) is 8.10. The topological polar surface area (TPSA) is 87.7 Å². The van der Waals surface area contributed by atoms with E-state index in [4.69, 9.17) is 4.74 Å². The van der Waals surface area contributed by atoms with E-state index in [1.54, 1.807) is 0 Å². The molecule has 2 heterocycles. The molecule has 0 unspecified atom stereocenters. The van der Waals surface area contributed by atoms with Gasteiger partial charge in [-0.25, -0.2) is 0 Å². The Hall–Kier alpha value is -2.41. The molecular formula is C28H43N3O4. The number of nitrogens with one attached hydrogen (secondary N) is 2. The van der Waals surface area contributed by atoms with Crippen molar-refractivity contribution in [1.82, 2.24) is 10.2 Å². The number of imide groups is 1. The predicted molar refractivity (Wildman–Crippen MR) is 138 cm³/mol. The molecule has 1 aromatic rings. The van der Waals surface area contributed by atoms with E-state index in [1.807, 2.05) is 32.9 Å². The van der Waals surface area contributed by atoms with Gasteiger partial charge >= 0.3 is 5.97 Å². The number of rotatable bonds is 11. The number of esters is 1. The number of carbonyl (C=O) groups is 3. The molecule has 2 fully saturated rings. The summed E-state index contributed by atoms with van der Waals surface area (Å²) in [6.45, 7) is 9.17. The van der Waals surface area contributed by atoms with Gasteiger partial charge in [0.05, 0.1) is 0 Å². The number of amides is 2. The number of ether oxygens (including phenoxy) is 1. The lowest BCUT2D eigenvalue weighted by atomic mass is 9.89. The Labute approximate surface area is 210 Å². The van der Waals surface area contributed by atoms with Crippen molar-refractivity contribution < 1.29 is 19.1 Å². The van der Waals surface area contributed by atoms with E-state index < -0.39 is 0 Å². The molecule has 1 atom stereocenters. The molecule has 194 valence electrons. The minimum absolute atomic E-state index is 0.0828. The lowest BCUT2D eigenvalue weighted by Crippen LogP contribution is -2.47. The molecule has 0 bridgehead atoms.